The van der Waals surface area contributed by atoms with Crippen LogP contribution in [0.4, 0.5) is 0 Å². The highest BCUT2D eigenvalue weighted by molar-refractivity contribution is 5.76. The van der Waals surface area contributed by atoms with Crippen molar-refractivity contribution in [2.75, 3.05) is 26.2 Å². The summed E-state index contributed by atoms with van der Waals surface area (Å²) in [6.07, 6.45) is 3.15. The summed E-state index contributed by atoms with van der Waals surface area (Å²) in [5.74, 6) is 0.539. The van der Waals surface area contributed by atoms with E-state index in [1.165, 1.54) is 12.8 Å². The van der Waals surface area contributed by atoms with Gasteiger partial charge in [0.15, 0.2) is 0 Å². The lowest BCUT2D eigenvalue weighted by atomic mass is 10.0. The number of nitrogens with zero attached hydrogens (tertiary/aromatic N) is 1. The Morgan fingerprint density at radius 1 is 1.38 bits per heavy atom. The second kappa shape index (κ2) is 6.86. The molecule has 0 aromatic heterocycles. The molecule has 16 heavy (non-hydrogen) atoms. The van der Waals surface area contributed by atoms with Gasteiger partial charge in [-0.3, -0.25) is 4.79 Å². The molecule has 1 saturated heterocycles. The Kier molecular flexibility index (Phi) is 5.77. The molecule has 1 heterocycles. The highest BCUT2D eigenvalue weighted by Crippen LogP contribution is 2.07. The van der Waals surface area contributed by atoms with Crippen LogP contribution in [-0.2, 0) is 4.79 Å². The van der Waals surface area contributed by atoms with Crippen LogP contribution in [0.2, 0.25) is 0 Å². The average Bonchev–Trinajstić information content (AvgIpc) is 2.75. The van der Waals surface area contributed by atoms with Gasteiger partial charge in [0.1, 0.15) is 0 Å². The first-order chi connectivity index (χ1) is 7.63. The van der Waals surface area contributed by atoms with Gasteiger partial charge in [-0.05, 0) is 31.8 Å². The zero-order valence-corrected chi connectivity index (χ0v) is 10.5. The van der Waals surface area contributed by atoms with Crippen molar-refractivity contribution in [1.82, 2.24) is 10.2 Å². The van der Waals surface area contributed by atoms with E-state index in [0.717, 1.165) is 19.6 Å². The third kappa shape index (κ3) is 4.49. The molecule has 0 aromatic carbocycles. The second-order valence-electron chi connectivity index (χ2n) is 4.95. The lowest BCUT2D eigenvalue weighted by molar-refractivity contribution is -0.122. The number of amides is 1. The van der Waals surface area contributed by atoms with Crippen molar-refractivity contribution in [3.63, 3.8) is 0 Å². The van der Waals surface area contributed by atoms with Gasteiger partial charge < -0.3 is 16.0 Å². The van der Waals surface area contributed by atoms with Gasteiger partial charge in [0.05, 0.1) is 0 Å². The molecule has 0 aromatic rings. The molecule has 3 N–H and O–H groups in total. The zero-order valence-electron chi connectivity index (χ0n) is 10.5. The van der Waals surface area contributed by atoms with E-state index in [1.54, 1.807) is 0 Å². The summed E-state index contributed by atoms with van der Waals surface area (Å²) < 4.78 is 0. The van der Waals surface area contributed by atoms with Crippen LogP contribution in [0.25, 0.3) is 0 Å². The molecule has 1 aliphatic heterocycles. The number of nitrogens with two attached hydrogens (primary N) is 1. The van der Waals surface area contributed by atoms with Crippen LogP contribution in [0.5, 0.6) is 0 Å². The molecule has 1 unspecified atom stereocenters. The van der Waals surface area contributed by atoms with Gasteiger partial charge in [-0.15, -0.1) is 0 Å². The minimum Gasteiger partial charge on any atom is -0.352 e. The first-order valence-electron chi connectivity index (χ1n) is 6.35. The van der Waals surface area contributed by atoms with Crippen molar-refractivity contribution in [3.8, 4) is 0 Å². The van der Waals surface area contributed by atoms with Crippen molar-refractivity contribution in [2.45, 2.75) is 39.2 Å². The zero-order chi connectivity index (χ0) is 12.0. The van der Waals surface area contributed by atoms with Crippen LogP contribution in [0.1, 0.15) is 33.1 Å². The van der Waals surface area contributed by atoms with Crippen molar-refractivity contribution in [2.24, 2.45) is 11.7 Å². The van der Waals surface area contributed by atoms with Crippen LogP contribution < -0.4 is 11.1 Å². The first-order valence-corrected chi connectivity index (χ1v) is 6.35. The second-order valence-corrected chi connectivity index (χ2v) is 4.95. The topological polar surface area (TPSA) is 58.4 Å². The molecular weight excluding hydrogens is 202 g/mol. The van der Waals surface area contributed by atoms with Gasteiger partial charge in [0.25, 0.3) is 0 Å². The van der Waals surface area contributed by atoms with E-state index >= 15 is 0 Å². The quantitative estimate of drug-likeness (QED) is 0.697. The third-order valence-corrected chi connectivity index (χ3v) is 3.26. The predicted octanol–water partition coefficient (Wildman–Crippen LogP) is 0.572. The number of likely N-dealkylation sites (tertiary alicyclic amines) is 1. The van der Waals surface area contributed by atoms with Crippen molar-refractivity contribution >= 4 is 5.91 Å². The fourth-order valence-electron chi connectivity index (χ4n) is 2.04. The molecule has 1 fully saturated rings. The lowest BCUT2D eigenvalue weighted by Crippen LogP contribution is -2.44. The molecule has 1 rings (SSSR count). The maximum atomic E-state index is 11.7. The Bertz CT molecular complexity index is 212. The Morgan fingerprint density at radius 2 is 2.00 bits per heavy atom. The molecule has 0 aliphatic carbocycles. The van der Waals surface area contributed by atoms with Crippen molar-refractivity contribution in [3.05, 3.63) is 0 Å². The lowest BCUT2D eigenvalue weighted by Gasteiger charge is -2.21. The number of hydrogen-bond acceptors (Lipinski definition) is 3. The Hall–Kier alpha value is -0.610. The summed E-state index contributed by atoms with van der Waals surface area (Å²) in [5.41, 5.74) is 5.62. The minimum absolute atomic E-state index is 0.117. The van der Waals surface area contributed by atoms with E-state index < -0.39 is 0 Å². The van der Waals surface area contributed by atoms with Gasteiger partial charge in [-0.1, -0.05) is 13.8 Å². The van der Waals surface area contributed by atoms with E-state index in [-0.39, 0.29) is 11.9 Å². The van der Waals surface area contributed by atoms with Gasteiger partial charge in [-0.2, -0.15) is 0 Å². The largest absolute Gasteiger partial charge is 0.352 e. The van der Waals surface area contributed by atoms with Crippen LogP contribution >= 0.6 is 0 Å². The summed E-state index contributed by atoms with van der Waals surface area (Å²) in [6, 6.07) is 0.117. The molecule has 1 aliphatic rings. The molecule has 0 spiro atoms. The SMILES string of the molecule is CC(C)C(CN)NC(=O)CCN1CCCC1. The molecule has 0 radical (unpaired) electrons. The highest BCUT2D eigenvalue weighted by Gasteiger charge is 2.16. The molecule has 0 bridgehead atoms. The van der Waals surface area contributed by atoms with E-state index in [1.807, 2.05) is 0 Å². The smallest absolute Gasteiger partial charge is 0.221 e. The van der Waals surface area contributed by atoms with Crippen LogP contribution in [-0.4, -0.2) is 43.0 Å². The monoisotopic (exact) mass is 227 g/mol. The average molecular weight is 227 g/mol. The van der Waals surface area contributed by atoms with Gasteiger partial charge in [-0.25, -0.2) is 0 Å². The van der Waals surface area contributed by atoms with Crippen LogP contribution in [0.3, 0.4) is 0 Å². The molecule has 1 atom stereocenters. The van der Waals surface area contributed by atoms with E-state index in [0.29, 0.717) is 18.9 Å². The fourth-order valence-corrected chi connectivity index (χ4v) is 2.04. The number of hydrogen-bond donors (Lipinski definition) is 2. The van der Waals surface area contributed by atoms with Gasteiger partial charge in [0.2, 0.25) is 5.91 Å². The summed E-state index contributed by atoms with van der Waals surface area (Å²) >= 11 is 0. The summed E-state index contributed by atoms with van der Waals surface area (Å²) in [6.45, 7) is 7.88. The van der Waals surface area contributed by atoms with Crippen molar-refractivity contribution < 1.29 is 4.79 Å². The predicted molar refractivity (Wildman–Crippen MR) is 66.1 cm³/mol. The van der Waals surface area contributed by atoms with E-state index in [4.69, 9.17) is 5.73 Å². The Balaban J connectivity index is 2.18. The molecular formula is C12H25N3O. The highest BCUT2D eigenvalue weighted by atomic mass is 16.1. The fraction of sp³-hybridized carbons (Fsp3) is 0.917. The summed E-state index contributed by atoms with van der Waals surface area (Å²) in [4.78, 5) is 14.0. The molecule has 4 heteroatoms. The number of carbonyl (C=O) groups excluding carboxylic acids is 1. The molecule has 0 saturated carbocycles. The van der Waals surface area contributed by atoms with E-state index in [2.05, 4.69) is 24.1 Å². The minimum atomic E-state index is 0.117. The van der Waals surface area contributed by atoms with Crippen LogP contribution in [0.15, 0.2) is 0 Å². The van der Waals surface area contributed by atoms with Crippen molar-refractivity contribution in [1.29, 1.82) is 0 Å². The normalized spacial score (nSPS) is 19.0. The Labute approximate surface area is 98.6 Å². The Morgan fingerprint density at radius 3 is 2.50 bits per heavy atom. The third-order valence-electron chi connectivity index (χ3n) is 3.26. The van der Waals surface area contributed by atoms with Gasteiger partial charge in [0, 0.05) is 25.6 Å². The standard InChI is InChI=1S/C12H25N3O/c1-10(2)11(9-13)14-12(16)5-8-15-6-3-4-7-15/h10-11H,3-9,13H2,1-2H3,(H,14,16). The van der Waals surface area contributed by atoms with Crippen LogP contribution in [0, 0.1) is 5.92 Å². The molecule has 94 valence electrons. The number of carbonyl (C=O) groups is 1. The summed E-state index contributed by atoms with van der Waals surface area (Å²) in [5, 5.41) is 3.00. The maximum Gasteiger partial charge on any atom is 0.221 e. The first kappa shape index (κ1) is 13.5. The molecule has 1 amide bonds. The molecule has 4 nitrogen and oxygen atoms in total. The number of nitrogens with one attached hydrogen (secondary N) is 1. The maximum absolute atomic E-state index is 11.7. The number of rotatable bonds is 6. The summed E-state index contributed by atoms with van der Waals surface area (Å²) in [7, 11) is 0. The van der Waals surface area contributed by atoms with Gasteiger partial charge >= 0.3 is 0 Å². The van der Waals surface area contributed by atoms with E-state index in [9.17, 15) is 4.79 Å².